The van der Waals surface area contributed by atoms with Gasteiger partial charge in [-0.25, -0.2) is 0 Å². The van der Waals surface area contributed by atoms with Crippen LogP contribution in [-0.2, 0) is 21.4 Å². The third-order valence-electron chi connectivity index (χ3n) is 2.67. The van der Waals surface area contributed by atoms with Gasteiger partial charge in [-0.3, -0.25) is 0 Å². The molecule has 2 aliphatic rings. The van der Waals surface area contributed by atoms with Gasteiger partial charge in [0.2, 0.25) is 0 Å². The van der Waals surface area contributed by atoms with Crippen molar-refractivity contribution in [3.8, 4) is 0 Å². The first-order chi connectivity index (χ1) is 6.42. The van der Waals surface area contributed by atoms with E-state index in [9.17, 15) is 0 Å². The topological polar surface area (TPSA) is 0 Å². The molecule has 0 aromatic rings. The Balaban J connectivity index is 0.000000980. The fourth-order valence-corrected chi connectivity index (χ4v) is 11.5. The van der Waals surface area contributed by atoms with Gasteiger partial charge in [0, 0.05) is 0 Å². The molecule has 0 amide bonds. The Morgan fingerprint density at radius 1 is 1.15 bits per heavy atom. The molecule has 0 nitrogen and oxygen atoms in total. The zero-order valence-corrected chi connectivity index (χ0v) is 11.7. The summed E-state index contributed by atoms with van der Waals surface area (Å²) in [5.41, 5.74) is 0. The number of hydrogen-bond donors (Lipinski definition) is 0. The van der Waals surface area contributed by atoms with Crippen LogP contribution in [-0.4, -0.2) is 0 Å². The maximum atomic E-state index is 2.38. The molecule has 0 bridgehead atoms. The van der Waals surface area contributed by atoms with Gasteiger partial charge in [-0.05, 0) is 0 Å². The predicted molar refractivity (Wildman–Crippen MR) is 55.3 cm³/mol. The predicted octanol–water partition coefficient (Wildman–Crippen LogP) is 3.84. The van der Waals surface area contributed by atoms with Crippen molar-refractivity contribution in [2.24, 2.45) is 0 Å². The summed E-state index contributed by atoms with van der Waals surface area (Å²) in [6.07, 6.45) is 16.4. The molecule has 0 unspecified atom stereocenters. The van der Waals surface area contributed by atoms with Gasteiger partial charge < -0.3 is 1.43 Å². The second kappa shape index (κ2) is 4.36. The van der Waals surface area contributed by atoms with Crippen molar-refractivity contribution < 1.29 is 22.9 Å². The van der Waals surface area contributed by atoms with Crippen molar-refractivity contribution in [3.63, 3.8) is 0 Å². The van der Waals surface area contributed by atoms with Crippen LogP contribution < -0.4 is 0 Å². The van der Waals surface area contributed by atoms with Crippen LogP contribution in [0.2, 0.25) is 4.18 Å². The third kappa shape index (κ3) is 2.01. The minimum atomic E-state index is -1.48. The summed E-state index contributed by atoms with van der Waals surface area (Å²) in [6.45, 7) is 2.38. The normalized spacial score (nSPS) is 19.2. The maximum absolute atomic E-state index is 2.38. The van der Waals surface area contributed by atoms with E-state index >= 15 is 0 Å². The average molecular weight is 339 g/mol. The fraction of sp³-hybridized carbons (Fsp3) is 0.333. The number of rotatable bonds is 3. The van der Waals surface area contributed by atoms with E-state index in [1.54, 1.807) is 0 Å². The van der Waals surface area contributed by atoms with Gasteiger partial charge >= 0.3 is 88.5 Å². The molecule has 0 aliphatic heterocycles. The summed E-state index contributed by atoms with van der Waals surface area (Å²) >= 11 is -1.48. The number of allylic oxidation sites excluding steroid dienone is 8. The first-order valence-electron chi connectivity index (χ1n) is 4.99. The van der Waals surface area contributed by atoms with Crippen molar-refractivity contribution in [1.29, 1.82) is 0 Å². The smallest absolute Gasteiger partial charge is 1.00 e. The standard InChI is InChI=1S/2C5H5.C2H5.Hf.H/c2*1-2-4-5-3-1;1-2;;/h2*1-3H,4H2;1H2,2H3;;/q;;;+1;-1. The van der Waals surface area contributed by atoms with Crippen LogP contribution in [0.15, 0.2) is 43.1 Å². The Kier molecular flexibility index (Phi) is 3.15. The monoisotopic (exact) mass is 340 g/mol. The Labute approximate surface area is 89.7 Å². The van der Waals surface area contributed by atoms with Crippen molar-refractivity contribution in [2.75, 3.05) is 0 Å². The molecule has 0 aromatic heterocycles. The second-order valence-corrected chi connectivity index (χ2v) is 14.1. The Morgan fingerprint density at radius 3 is 2.00 bits per heavy atom. The summed E-state index contributed by atoms with van der Waals surface area (Å²) in [5, 5.41) is 0. The van der Waals surface area contributed by atoms with E-state index in [4.69, 9.17) is 0 Å². The summed E-state index contributed by atoms with van der Waals surface area (Å²) in [5.74, 6) is 0. The molecule has 0 N–H and O–H groups in total. The third-order valence-corrected chi connectivity index (χ3v) is 13.4. The van der Waals surface area contributed by atoms with Crippen molar-refractivity contribution >= 4 is 0 Å². The average Bonchev–Trinajstić information content (AvgIpc) is 2.76. The Bertz CT molecular complexity index is 280. The Morgan fingerprint density at radius 2 is 1.69 bits per heavy atom. The van der Waals surface area contributed by atoms with Crippen LogP contribution in [0, 0.1) is 0 Å². The van der Waals surface area contributed by atoms with Crippen LogP contribution in [0.4, 0.5) is 0 Å². The van der Waals surface area contributed by atoms with E-state index in [1.165, 1.54) is 17.0 Å². The summed E-state index contributed by atoms with van der Waals surface area (Å²) in [7, 11) is 0. The van der Waals surface area contributed by atoms with E-state index < -0.39 is 21.4 Å². The van der Waals surface area contributed by atoms with Crippen LogP contribution >= 0.6 is 0 Å². The van der Waals surface area contributed by atoms with Gasteiger partial charge in [-0.1, -0.05) is 0 Å². The molecule has 0 saturated carbocycles. The van der Waals surface area contributed by atoms with Gasteiger partial charge in [0.15, 0.2) is 0 Å². The van der Waals surface area contributed by atoms with Crippen LogP contribution in [0.1, 0.15) is 21.2 Å². The van der Waals surface area contributed by atoms with Crippen LogP contribution in [0.25, 0.3) is 0 Å². The first-order valence-corrected chi connectivity index (χ1v) is 11.1. The zero-order chi connectivity index (χ0) is 9.10. The van der Waals surface area contributed by atoms with Gasteiger partial charge in [0.1, 0.15) is 0 Å². The van der Waals surface area contributed by atoms with E-state index in [0.717, 1.165) is 0 Å². The van der Waals surface area contributed by atoms with E-state index in [-0.39, 0.29) is 1.43 Å². The van der Waals surface area contributed by atoms with Crippen LogP contribution in [0.5, 0.6) is 0 Å². The molecule has 0 spiro atoms. The summed E-state index contributed by atoms with van der Waals surface area (Å²) < 4.78 is 5.07. The molecule has 0 atom stereocenters. The molecular weight excluding hydrogens is 323 g/mol. The van der Waals surface area contributed by atoms with Crippen molar-refractivity contribution in [3.05, 3.63) is 43.1 Å². The van der Waals surface area contributed by atoms with Gasteiger partial charge in [-0.15, -0.1) is 0 Å². The van der Waals surface area contributed by atoms with Gasteiger partial charge in [0.25, 0.3) is 0 Å². The second-order valence-electron chi connectivity index (χ2n) is 3.48. The molecule has 0 aromatic carbocycles. The van der Waals surface area contributed by atoms with Gasteiger partial charge in [0.05, 0.1) is 0 Å². The molecule has 1 heteroatoms. The first kappa shape index (κ1) is 9.39. The maximum Gasteiger partial charge on any atom is -1.00 e. The molecule has 0 saturated heterocycles. The fourth-order valence-electron chi connectivity index (χ4n) is 2.00. The molecule has 2 rings (SSSR count). The van der Waals surface area contributed by atoms with Crippen molar-refractivity contribution in [1.82, 2.24) is 0 Å². The Hall–Kier alpha value is -0.170. The molecule has 0 fully saturated rings. The van der Waals surface area contributed by atoms with E-state index in [1.807, 2.05) is 6.66 Å². The molecule has 0 radical (unpaired) electrons. The SMILES string of the molecule is C[CH2][Hf+]([C]1=CC=CC1)[C]1=CC=CC1.[H-]. The quantitative estimate of drug-likeness (QED) is 0.686. The largest absolute Gasteiger partial charge is 1.00 e. The van der Waals surface area contributed by atoms with E-state index in [0.29, 0.717) is 0 Å². The minimum Gasteiger partial charge on any atom is -1.00 e. The van der Waals surface area contributed by atoms with E-state index in [2.05, 4.69) is 43.4 Å². The summed E-state index contributed by atoms with van der Waals surface area (Å²) in [6, 6.07) is 0. The molecule has 68 valence electrons. The number of hydrogen-bond acceptors (Lipinski definition) is 0. The minimum absolute atomic E-state index is 0. The zero-order valence-electron chi connectivity index (χ0n) is 9.09. The van der Waals surface area contributed by atoms with Gasteiger partial charge in [-0.2, -0.15) is 0 Å². The molecule has 0 heterocycles. The molecule has 2 aliphatic carbocycles. The summed E-state index contributed by atoms with van der Waals surface area (Å²) in [4.78, 5) is 0. The van der Waals surface area contributed by atoms with Crippen molar-refractivity contribution in [2.45, 2.75) is 23.9 Å². The van der Waals surface area contributed by atoms with Crippen LogP contribution in [0.3, 0.4) is 0 Å². The molecular formula is C12H16Hf. The molecule has 13 heavy (non-hydrogen) atoms.